The Kier molecular flexibility index (Phi) is 5.50. The molecule has 0 unspecified atom stereocenters. The zero-order chi connectivity index (χ0) is 15.2. The van der Waals surface area contributed by atoms with Crippen molar-refractivity contribution >= 4 is 11.8 Å². The number of carbonyl (C=O) groups is 1. The highest BCUT2D eigenvalue weighted by molar-refractivity contribution is 6.00. The zero-order valence-electron chi connectivity index (χ0n) is 12.3. The maximum Gasteiger partial charge on any atom is 0.410 e. The third-order valence-electron chi connectivity index (χ3n) is 2.47. The fourth-order valence-corrected chi connectivity index (χ4v) is 1.61. The topological polar surface area (TPSA) is 53.4 Å². The highest BCUT2D eigenvalue weighted by Gasteiger charge is 2.22. The van der Waals surface area contributed by atoms with Gasteiger partial charge in [0.15, 0.2) is 0 Å². The van der Waals surface area contributed by atoms with E-state index in [2.05, 4.69) is 6.58 Å². The van der Waals surface area contributed by atoms with E-state index in [9.17, 15) is 4.79 Å². The second kappa shape index (κ2) is 6.89. The van der Waals surface area contributed by atoms with Crippen LogP contribution in [0.1, 0.15) is 26.3 Å². The summed E-state index contributed by atoms with van der Waals surface area (Å²) in [5.74, 6) is 0. The van der Waals surface area contributed by atoms with E-state index in [0.717, 1.165) is 5.56 Å². The fourth-order valence-electron chi connectivity index (χ4n) is 1.61. The molecule has 0 bridgehead atoms. The molecule has 0 aliphatic carbocycles. The van der Waals surface area contributed by atoms with E-state index in [1.807, 2.05) is 51.1 Å². The van der Waals surface area contributed by atoms with Gasteiger partial charge in [0.1, 0.15) is 5.60 Å². The molecular formula is C16H22N2O2. The van der Waals surface area contributed by atoms with Crippen LogP contribution in [0.5, 0.6) is 0 Å². The lowest BCUT2D eigenvalue weighted by molar-refractivity contribution is 0.0299. The van der Waals surface area contributed by atoms with Gasteiger partial charge in [-0.1, -0.05) is 36.4 Å². The van der Waals surface area contributed by atoms with Crippen LogP contribution in [0.2, 0.25) is 0 Å². The van der Waals surface area contributed by atoms with E-state index in [-0.39, 0.29) is 6.54 Å². The molecule has 1 rings (SSSR count). The lowest BCUT2D eigenvalue weighted by Gasteiger charge is -2.26. The highest BCUT2D eigenvalue weighted by atomic mass is 16.6. The van der Waals surface area contributed by atoms with Crippen molar-refractivity contribution in [1.82, 2.24) is 4.90 Å². The maximum atomic E-state index is 12.1. The Labute approximate surface area is 120 Å². The van der Waals surface area contributed by atoms with Crippen molar-refractivity contribution in [3.8, 4) is 0 Å². The summed E-state index contributed by atoms with van der Waals surface area (Å²) < 4.78 is 5.33. The van der Waals surface area contributed by atoms with Crippen molar-refractivity contribution in [1.29, 1.82) is 5.41 Å². The second-order valence-corrected chi connectivity index (χ2v) is 5.49. The summed E-state index contributed by atoms with van der Waals surface area (Å²) in [6.45, 7) is 9.65. The predicted molar refractivity (Wildman–Crippen MR) is 81.3 cm³/mol. The first-order valence-electron chi connectivity index (χ1n) is 6.55. The SMILES string of the molecule is C=CCN(CC(=N)c1ccccc1)C(=O)OC(C)(C)C. The molecule has 1 amide bonds. The van der Waals surface area contributed by atoms with Gasteiger partial charge >= 0.3 is 6.09 Å². The average Bonchev–Trinajstić information content (AvgIpc) is 2.37. The molecule has 20 heavy (non-hydrogen) atoms. The Hall–Kier alpha value is -2.10. The lowest BCUT2D eigenvalue weighted by atomic mass is 10.1. The van der Waals surface area contributed by atoms with E-state index in [4.69, 9.17) is 10.1 Å². The molecular weight excluding hydrogens is 252 g/mol. The minimum atomic E-state index is -0.550. The van der Waals surface area contributed by atoms with Crippen molar-refractivity contribution in [2.24, 2.45) is 0 Å². The number of hydrogen-bond donors (Lipinski definition) is 1. The van der Waals surface area contributed by atoms with Crippen molar-refractivity contribution in [2.75, 3.05) is 13.1 Å². The molecule has 0 aliphatic rings. The largest absolute Gasteiger partial charge is 0.444 e. The van der Waals surface area contributed by atoms with E-state index in [1.54, 1.807) is 6.08 Å². The number of carbonyl (C=O) groups excluding carboxylic acids is 1. The molecule has 4 heteroatoms. The molecule has 108 valence electrons. The number of ether oxygens (including phenoxy) is 1. The van der Waals surface area contributed by atoms with Gasteiger partial charge in [-0.15, -0.1) is 6.58 Å². The number of nitrogens with zero attached hydrogens (tertiary/aromatic N) is 1. The van der Waals surface area contributed by atoms with Crippen LogP contribution >= 0.6 is 0 Å². The van der Waals surface area contributed by atoms with Gasteiger partial charge in [0.25, 0.3) is 0 Å². The van der Waals surface area contributed by atoms with Gasteiger partial charge in [-0.05, 0) is 26.3 Å². The van der Waals surface area contributed by atoms with Crippen LogP contribution in [0.15, 0.2) is 43.0 Å². The van der Waals surface area contributed by atoms with Crippen LogP contribution < -0.4 is 0 Å². The minimum Gasteiger partial charge on any atom is -0.444 e. The van der Waals surface area contributed by atoms with Crippen LogP contribution in [0, 0.1) is 5.41 Å². The van der Waals surface area contributed by atoms with E-state index >= 15 is 0 Å². The van der Waals surface area contributed by atoms with Gasteiger partial charge in [0.2, 0.25) is 0 Å². The Morgan fingerprint density at radius 1 is 1.35 bits per heavy atom. The smallest absolute Gasteiger partial charge is 0.410 e. The number of nitrogens with one attached hydrogen (secondary N) is 1. The van der Waals surface area contributed by atoms with E-state index < -0.39 is 11.7 Å². The quantitative estimate of drug-likeness (QED) is 0.660. The minimum absolute atomic E-state index is 0.199. The molecule has 0 spiro atoms. The van der Waals surface area contributed by atoms with Crippen molar-refractivity contribution in [3.05, 3.63) is 48.6 Å². The van der Waals surface area contributed by atoms with Gasteiger partial charge < -0.3 is 10.1 Å². The van der Waals surface area contributed by atoms with Crippen LogP contribution in [0.4, 0.5) is 4.79 Å². The van der Waals surface area contributed by atoms with Crippen LogP contribution in [-0.4, -0.2) is 35.4 Å². The van der Waals surface area contributed by atoms with Crippen LogP contribution in [0.25, 0.3) is 0 Å². The van der Waals surface area contributed by atoms with Crippen LogP contribution in [0.3, 0.4) is 0 Å². The summed E-state index contributed by atoms with van der Waals surface area (Å²) in [6, 6.07) is 9.34. The lowest BCUT2D eigenvalue weighted by Crippen LogP contribution is -2.40. The third kappa shape index (κ3) is 5.26. The highest BCUT2D eigenvalue weighted by Crippen LogP contribution is 2.11. The normalized spacial score (nSPS) is 10.8. The van der Waals surface area contributed by atoms with Gasteiger partial charge in [-0.25, -0.2) is 4.79 Å². The molecule has 0 fully saturated rings. The molecule has 0 atom stereocenters. The first-order valence-corrected chi connectivity index (χ1v) is 6.55. The van der Waals surface area contributed by atoms with Crippen molar-refractivity contribution < 1.29 is 9.53 Å². The Balaban J connectivity index is 2.75. The van der Waals surface area contributed by atoms with Gasteiger partial charge in [0, 0.05) is 6.54 Å². The number of amides is 1. The van der Waals surface area contributed by atoms with Gasteiger partial charge in [0.05, 0.1) is 12.3 Å². The first-order chi connectivity index (χ1) is 9.33. The number of rotatable bonds is 5. The Morgan fingerprint density at radius 2 is 1.95 bits per heavy atom. The molecule has 0 heterocycles. The summed E-state index contributed by atoms with van der Waals surface area (Å²) in [6.07, 6.45) is 1.19. The van der Waals surface area contributed by atoms with Gasteiger partial charge in [-0.2, -0.15) is 0 Å². The maximum absolute atomic E-state index is 12.1. The zero-order valence-corrected chi connectivity index (χ0v) is 12.3. The predicted octanol–water partition coefficient (Wildman–Crippen LogP) is 3.48. The molecule has 1 aromatic carbocycles. The van der Waals surface area contributed by atoms with E-state index in [1.165, 1.54) is 4.90 Å². The first kappa shape index (κ1) is 16.0. The fraction of sp³-hybridized carbons (Fsp3) is 0.375. The molecule has 4 nitrogen and oxygen atoms in total. The van der Waals surface area contributed by atoms with Crippen molar-refractivity contribution in [3.63, 3.8) is 0 Å². The number of benzene rings is 1. The molecule has 0 radical (unpaired) electrons. The molecule has 0 aliphatic heterocycles. The summed E-state index contributed by atoms with van der Waals surface area (Å²) >= 11 is 0. The summed E-state index contributed by atoms with van der Waals surface area (Å²) in [5, 5.41) is 8.08. The van der Waals surface area contributed by atoms with E-state index in [0.29, 0.717) is 12.3 Å². The summed E-state index contributed by atoms with van der Waals surface area (Å²) in [5.41, 5.74) is 0.620. The molecule has 1 aromatic rings. The second-order valence-electron chi connectivity index (χ2n) is 5.49. The monoisotopic (exact) mass is 274 g/mol. The molecule has 0 saturated heterocycles. The molecule has 1 N–H and O–H groups in total. The molecule has 0 aromatic heterocycles. The van der Waals surface area contributed by atoms with Crippen molar-refractivity contribution in [2.45, 2.75) is 26.4 Å². The Morgan fingerprint density at radius 3 is 2.45 bits per heavy atom. The standard InChI is InChI=1S/C16H22N2O2/c1-5-11-18(15(19)20-16(2,3)4)12-14(17)13-9-7-6-8-10-13/h5-10,17H,1,11-12H2,2-4H3. The van der Waals surface area contributed by atoms with Gasteiger partial charge in [-0.3, -0.25) is 4.90 Å². The average molecular weight is 274 g/mol. The third-order valence-corrected chi connectivity index (χ3v) is 2.47. The summed E-state index contributed by atoms with van der Waals surface area (Å²) in [4.78, 5) is 13.5. The Bertz CT molecular complexity index is 475. The van der Waals surface area contributed by atoms with Crippen LogP contribution in [-0.2, 0) is 4.74 Å². The number of hydrogen-bond acceptors (Lipinski definition) is 3. The summed E-state index contributed by atoms with van der Waals surface area (Å²) in [7, 11) is 0. The molecule has 0 saturated carbocycles.